The number of hydrogen-bond donors (Lipinski definition) is 1. The number of aryl methyl sites for hydroxylation is 1. The zero-order valence-corrected chi connectivity index (χ0v) is 11.8. The molecule has 19 heavy (non-hydrogen) atoms. The van der Waals surface area contributed by atoms with Gasteiger partial charge in [0.1, 0.15) is 5.76 Å². The predicted molar refractivity (Wildman–Crippen MR) is 76.4 cm³/mol. The Kier molecular flexibility index (Phi) is 4.77. The molecule has 0 saturated heterocycles. The van der Waals surface area contributed by atoms with Crippen LogP contribution in [-0.4, -0.2) is 20.8 Å². The van der Waals surface area contributed by atoms with Crippen molar-refractivity contribution in [3.05, 3.63) is 59.0 Å². The van der Waals surface area contributed by atoms with Gasteiger partial charge in [0.15, 0.2) is 0 Å². The second-order valence-corrected chi connectivity index (χ2v) is 4.70. The molecule has 1 aromatic carbocycles. The molecule has 1 heterocycles. The van der Waals surface area contributed by atoms with Gasteiger partial charge in [0.2, 0.25) is 0 Å². The molecule has 0 fully saturated rings. The molecule has 3 heteroatoms. The molecule has 0 bridgehead atoms. The Hall–Kier alpha value is -1.58. The summed E-state index contributed by atoms with van der Waals surface area (Å²) >= 11 is 0. The van der Waals surface area contributed by atoms with Gasteiger partial charge in [-0.3, -0.25) is 0 Å². The van der Waals surface area contributed by atoms with Crippen molar-refractivity contribution in [2.45, 2.75) is 19.4 Å². The lowest BCUT2D eigenvalue weighted by molar-refractivity contribution is 0.202. The number of benzene rings is 1. The van der Waals surface area contributed by atoms with Crippen LogP contribution < -0.4 is 5.32 Å². The summed E-state index contributed by atoms with van der Waals surface area (Å²) in [7, 11) is 3.69. The van der Waals surface area contributed by atoms with E-state index in [1.165, 1.54) is 11.1 Å². The van der Waals surface area contributed by atoms with E-state index in [4.69, 9.17) is 9.15 Å². The summed E-state index contributed by atoms with van der Waals surface area (Å²) < 4.78 is 10.5. The van der Waals surface area contributed by atoms with Crippen molar-refractivity contribution in [2.75, 3.05) is 20.8 Å². The van der Waals surface area contributed by atoms with Gasteiger partial charge in [-0.1, -0.05) is 24.3 Å². The van der Waals surface area contributed by atoms with Crippen molar-refractivity contribution in [3.63, 3.8) is 0 Å². The first-order valence-corrected chi connectivity index (χ1v) is 6.54. The number of hydrogen-bond acceptors (Lipinski definition) is 3. The van der Waals surface area contributed by atoms with Gasteiger partial charge in [0.25, 0.3) is 0 Å². The summed E-state index contributed by atoms with van der Waals surface area (Å²) in [6.45, 7) is 2.72. The lowest BCUT2D eigenvalue weighted by Crippen LogP contribution is -2.17. The maximum Gasteiger partial charge on any atom is 0.101 e. The van der Waals surface area contributed by atoms with Gasteiger partial charge in [0, 0.05) is 12.7 Å². The van der Waals surface area contributed by atoms with Gasteiger partial charge < -0.3 is 14.5 Å². The Balaban J connectivity index is 2.15. The molecule has 0 radical (unpaired) electrons. The van der Waals surface area contributed by atoms with Crippen LogP contribution in [0.2, 0.25) is 0 Å². The molecular weight excluding hydrogens is 238 g/mol. The quantitative estimate of drug-likeness (QED) is 0.865. The zero-order chi connectivity index (χ0) is 13.7. The number of ether oxygens (including phenoxy) is 1. The molecule has 0 amide bonds. The van der Waals surface area contributed by atoms with Crippen LogP contribution in [0, 0.1) is 6.92 Å². The standard InChI is InChI=1S/C16H21NO2/c1-12-10-15(11-19-12)16(17-2)14-6-4-13(5-7-14)8-9-18-3/h4-7,10-11,16-17H,8-9H2,1-3H3. The molecule has 1 atom stereocenters. The maximum atomic E-state index is 5.39. The first-order valence-electron chi connectivity index (χ1n) is 6.54. The second-order valence-electron chi connectivity index (χ2n) is 4.70. The fourth-order valence-corrected chi connectivity index (χ4v) is 2.24. The molecule has 1 unspecified atom stereocenters. The van der Waals surface area contributed by atoms with Crippen LogP contribution >= 0.6 is 0 Å². The molecule has 1 N–H and O–H groups in total. The van der Waals surface area contributed by atoms with Gasteiger partial charge >= 0.3 is 0 Å². The largest absolute Gasteiger partial charge is 0.469 e. The molecule has 0 aliphatic heterocycles. The highest BCUT2D eigenvalue weighted by Crippen LogP contribution is 2.23. The highest BCUT2D eigenvalue weighted by atomic mass is 16.5. The minimum Gasteiger partial charge on any atom is -0.469 e. The Morgan fingerprint density at radius 1 is 1.21 bits per heavy atom. The minimum atomic E-state index is 0.175. The van der Waals surface area contributed by atoms with Crippen LogP contribution in [0.25, 0.3) is 0 Å². The minimum absolute atomic E-state index is 0.175. The Morgan fingerprint density at radius 2 is 1.95 bits per heavy atom. The van der Waals surface area contributed by atoms with E-state index >= 15 is 0 Å². The van der Waals surface area contributed by atoms with E-state index in [0.717, 1.165) is 24.4 Å². The fraction of sp³-hybridized carbons (Fsp3) is 0.375. The van der Waals surface area contributed by atoms with Crippen molar-refractivity contribution in [1.82, 2.24) is 5.32 Å². The van der Waals surface area contributed by atoms with E-state index in [-0.39, 0.29) is 6.04 Å². The fourth-order valence-electron chi connectivity index (χ4n) is 2.24. The summed E-state index contributed by atoms with van der Waals surface area (Å²) in [6.07, 6.45) is 2.77. The first kappa shape index (κ1) is 13.8. The molecule has 2 rings (SSSR count). The van der Waals surface area contributed by atoms with Crippen molar-refractivity contribution < 1.29 is 9.15 Å². The molecule has 2 aromatic rings. The van der Waals surface area contributed by atoms with Crippen LogP contribution in [0.1, 0.15) is 28.5 Å². The molecule has 102 valence electrons. The lowest BCUT2D eigenvalue weighted by Gasteiger charge is -2.15. The Bertz CT molecular complexity index is 502. The highest BCUT2D eigenvalue weighted by Gasteiger charge is 2.13. The number of furan rings is 1. The monoisotopic (exact) mass is 259 g/mol. The molecule has 3 nitrogen and oxygen atoms in total. The summed E-state index contributed by atoms with van der Waals surface area (Å²) in [5, 5.41) is 3.33. The summed E-state index contributed by atoms with van der Waals surface area (Å²) in [6, 6.07) is 10.9. The molecule has 0 aliphatic rings. The summed E-state index contributed by atoms with van der Waals surface area (Å²) in [5.74, 6) is 0.937. The van der Waals surface area contributed by atoms with Gasteiger partial charge in [0.05, 0.1) is 18.9 Å². The topological polar surface area (TPSA) is 34.4 Å². The zero-order valence-electron chi connectivity index (χ0n) is 11.8. The van der Waals surface area contributed by atoms with Crippen LogP contribution in [0.5, 0.6) is 0 Å². The van der Waals surface area contributed by atoms with E-state index in [1.54, 1.807) is 7.11 Å². The second kappa shape index (κ2) is 6.55. The lowest BCUT2D eigenvalue weighted by atomic mass is 9.99. The van der Waals surface area contributed by atoms with Crippen molar-refractivity contribution in [1.29, 1.82) is 0 Å². The van der Waals surface area contributed by atoms with Crippen LogP contribution in [0.4, 0.5) is 0 Å². The van der Waals surface area contributed by atoms with E-state index in [2.05, 4.69) is 35.6 Å². The van der Waals surface area contributed by atoms with Gasteiger partial charge in [-0.15, -0.1) is 0 Å². The van der Waals surface area contributed by atoms with E-state index in [9.17, 15) is 0 Å². The van der Waals surface area contributed by atoms with Crippen LogP contribution in [0.15, 0.2) is 41.0 Å². The Labute approximate surface area is 114 Å². The first-order chi connectivity index (χ1) is 9.24. The third kappa shape index (κ3) is 3.46. The third-order valence-electron chi connectivity index (χ3n) is 3.28. The average molecular weight is 259 g/mol. The van der Waals surface area contributed by atoms with Crippen molar-refractivity contribution >= 4 is 0 Å². The smallest absolute Gasteiger partial charge is 0.101 e. The number of nitrogens with one attached hydrogen (secondary N) is 1. The van der Waals surface area contributed by atoms with Crippen LogP contribution in [0.3, 0.4) is 0 Å². The van der Waals surface area contributed by atoms with Crippen molar-refractivity contribution in [2.24, 2.45) is 0 Å². The highest BCUT2D eigenvalue weighted by molar-refractivity contribution is 5.32. The molecule has 1 aromatic heterocycles. The van der Waals surface area contributed by atoms with Gasteiger partial charge in [-0.2, -0.15) is 0 Å². The molecular formula is C16H21NO2. The number of rotatable bonds is 6. The average Bonchev–Trinajstić information content (AvgIpc) is 2.85. The third-order valence-corrected chi connectivity index (χ3v) is 3.28. The van der Waals surface area contributed by atoms with E-state index in [0.29, 0.717) is 0 Å². The van der Waals surface area contributed by atoms with Gasteiger partial charge in [-0.05, 0) is 37.6 Å². The molecule has 0 saturated carbocycles. The normalized spacial score (nSPS) is 12.6. The Morgan fingerprint density at radius 3 is 2.47 bits per heavy atom. The van der Waals surface area contributed by atoms with Gasteiger partial charge in [-0.25, -0.2) is 0 Å². The van der Waals surface area contributed by atoms with E-state index < -0.39 is 0 Å². The summed E-state index contributed by atoms with van der Waals surface area (Å²) in [5.41, 5.74) is 3.69. The predicted octanol–water partition coefficient (Wildman–Crippen LogP) is 3.09. The van der Waals surface area contributed by atoms with E-state index in [1.807, 2.05) is 20.2 Å². The van der Waals surface area contributed by atoms with Crippen LogP contribution in [-0.2, 0) is 11.2 Å². The summed E-state index contributed by atoms with van der Waals surface area (Å²) in [4.78, 5) is 0. The number of methoxy groups -OCH3 is 1. The maximum absolute atomic E-state index is 5.39. The SMILES string of the molecule is CNC(c1ccc(CCOC)cc1)c1coc(C)c1. The molecule has 0 aliphatic carbocycles. The van der Waals surface area contributed by atoms with Crippen molar-refractivity contribution in [3.8, 4) is 0 Å². The molecule has 0 spiro atoms.